The highest BCUT2D eigenvalue weighted by atomic mass is 16.1. The second-order valence-electron chi connectivity index (χ2n) is 9.05. The molecular weight excluding hydrogens is 390 g/mol. The number of nitrogens with zero attached hydrogens (tertiary/aromatic N) is 7. The quantitative estimate of drug-likeness (QED) is 0.649. The molecule has 0 N–H and O–H groups in total. The van der Waals surface area contributed by atoms with Gasteiger partial charge in [-0.1, -0.05) is 13.8 Å². The molecule has 3 saturated heterocycles. The smallest absolute Gasteiger partial charge is 0.330 e. The number of imidazole rings is 1. The van der Waals surface area contributed by atoms with Gasteiger partial charge in [0, 0.05) is 51.2 Å². The van der Waals surface area contributed by atoms with E-state index in [1.165, 1.54) is 0 Å². The number of fused-ring (bicyclic) bond motifs is 4. The van der Waals surface area contributed by atoms with Gasteiger partial charge < -0.3 is 9.80 Å². The van der Waals surface area contributed by atoms with E-state index in [4.69, 9.17) is 4.98 Å². The fourth-order valence-electron chi connectivity index (χ4n) is 5.09. The predicted octanol–water partition coefficient (Wildman–Crippen LogP) is 2.52. The van der Waals surface area contributed by atoms with E-state index in [0.717, 1.165) is 48.6 Å². The van der Waals surface area contributed by atoms with Gasteiger partial charge in [0.25, 0.3) is 0 Å². The molecule has 3 aromatic heterocycles. The Kier molecular flexibility index (Phi) is 4.69. The van der Waals surface area contributed by atoms with Crippen LogP contribution in [-0.4, -0.2) is 44.3 Å². The summed E-state index contributed by atoms with van der Waals surface area (Å²) in [6.07, 6.45) is 5.60. The maximum absolute atomic E-state index is 12.7. The number of aryl methyl sites for hydroxylation is 1. The van der Waals surface area contributed by atoms with Crippen molar-refractivity contribution in [3.63, 3.8) is 0 Å². The van der Waals surface area contributed by atoms with Gasteiger partial charge >= 0.3 is 5.69 Å². The van der Waals surface area contributed by atoms with E-state index in [2.05, 4.69) is 40.8 Å². The standard InChI is InChI=1S/C23H27N7O/c1-15(2)12-30-20-6-7-21(26-22(20)27(3)23(30)31)29-14-17-4-5-18(29)13-28(17)19-8-9-25-11-16(19)10-24/h6-9,11,15,17-18H,4-5,12-14H2,1-3H3. The molecular formula is C23H27N7O. The van der Waals surface area contributed by atoms with Crippen molar-refractivity contribution in [3.8, 4) is 6.07 Å². The highest BCUT2D eigenvalue weighted by Crippen LogP contribution is 2.36. The third kappa shape index (κ3) is 3.16. The van der Waals surface area contributed by atoms with Crippen LogP contribution in [0.25, 0.3) is 11.2 Å². The molecule has 3 fully saturated rings. The number of aromatic nitrogens is 4. The second kappa shape index (κ2) is 7.41. The van der Waals surface area contributed by atoms with Crippen molar-refractivity contribution in [2.75, 3.05) is 22.9 Å². The molecule has 3 aliphatic heterocycles. The van der Waals surface area contributed by atoms with Gasteiger partial charge in [-0.3, -0.25) is 14.1 Å². The maximum atomic E-state index is 12.7. The number of rotatable bonds is 4. The van der Waals surface area contributed by atoms with E-state index in [9.17, 15) is 10.1 Å². The first kappa shape index (κ1) is 19.6. The molecule has 2 unspecified atom stereocenters. The molecule has 31 heavy (non-hydrogen) atoms. The van der Waals surface area contributed by atoms with E-state index < -0.39 is 0 Å². The van der Waals surface area contributed by atoms with Crippen LogP contribution in [0.15, 0.2) is 35.4 Å². The minimum atomic E-state index is -0.0126. The molecule has 0 spiro atoms. The Balaban J connectivity index is 1.47. The Morgan fingerprint density at radius 2 is 1.90 bits per heavy atom. The highest BCUT2D eigenvalue weighted by molar-refractivity contribution is 5.74. The van der Waals surface area contributed by atoms with Crippen LogP contribution in [0.2, 0.25) is 0 Å². The van der Waals surface area contributed by atoms with Crippen molar-refractivity contribution in [3.05, 3.63) is 46.6 Å². The van der Waals surface area contributed by atoms with E-state index >= 15 is 0 Å². The first-order valence-electron chi connectivity index (χ1n) is 10.9. The largest absolute Gasteiger partial charge is 0.364 e. The molecule has 6 heterocycles. The first-order valence-corrected chi connectivity index (χ1v) is 10.9. The Hall–Kier alpha value is -3.34. The van der Waals surface area contributed by atoms with Gasteiger partial charge in [0.1, 0.15) is 11.9 Å². The topological polar surface area (TPSA) is 83.0 Å². The highest BCUT2D eigenvalue weighted by Gasteiger charge is 2.40. The number of nitriles is 1. The van der Waals surface area contributed by atoms with Gasteiger partial charge in [0.05, 0.1) is 16.8 Å². The van der Waals surface area contributed by atoms with E-state index in [-0.39, 0.29) is 5.69 Å². The van der Waals surface area contributed by atoms with Crippen LogP contribution < -0.4 is 15.5 Å². The van der Waals surface area contributed by atoms with Crippen molar-refractivity contribution < 1.29 is 0 Å². The summed E-state index contributed by atoms with van der Waals surface area (Å²) >= 11 is 0. The number of anilines is 2. The lowest BCUT2D eigenvalue weighted by Crippen LogP contribution is -2.63. The van der Waals surface area contributed by atoms with Gasteiger partial charge in [0.2, 0.25) is 0 Å². The summed E-state index contributed by atoms with van der Waals surface area (Å²) in [5.74, 6) is 1.31. The van der Waals surface area contributed by atoms with Crippen LogP contribution in [0.1, 0.15) is 32.3 Å². The Labute approximate surface area is 181 Å². The molecule has 0 amide bonds. The molecule has 3 aliphatic rings. The van der Waals surface area contributed by atoms with E-state index in [0.29, 0.717) is 30.1 Å². The van der Waals surface area contributed by atoms with Gasteiger partial charge in [-0.25, -0.2) is 9.78 Å². The third-order valence-corrected chi connectivity index (χ3v) is 6.57. The van der Waals surface area contributed by atoms with Crippen LogP contribution in [-0.2, 0) is 13.6 Å². The first-order chi connectivity index (χ1) is 15.0. The molecule has 6 rings (SSSR count). The lowest BCUT2D eigenvalue weighted by atomic mass is 9.90. The Bertz CT molecular complexity index is 1230. The summed E-state index contributed by atoms with van der Waals surface area (Å²) in [6.45, 7) is 6.63. The Morgan fingerprint density at radius 1 is 1.16 bits per heavy atom. The predicted molar refractivity (Wildman–Crippen MR) is 120 cm³/mol. The number of hydrogen-bond donors (Lipinski definition) is 0. The lowest BCUT2D eigenvalue weighted by Gasteiger charge is -2.53. The molecule has 160 valence electrons. The summed E-state index contributed by atoms with van der Waals surface area (Å²) in [4.78, 5) is 26.5. The summed E-state index contributed by atoms with van der Waals surface area (Å²) in [5, 5.41) is 9.49. The van der Waals surface area contributed by atoms with Gasteiger partial charge in [0.15, 0.2) is 5.65 Å². The zero-order valence-corrected chi connectivity index (χ0v) is 18.2. The molecule has 0 aromatic carbocycles. The lowest BCUT2D eigenvalue weighted by molar-refractivity contribution is 0.332. The number of pyridine rings is 2. The molecule has 0 radical (unpaired) electrons. The van der Waals surface area contributed by atoms with Crippen LogP contribution in [0.4, 0.5) is 11.5 Å². The average molecular weight is 418 g/mol. The van der Waals surface area contributed by atoms with E-state index in [1.807, 2.05) is 16.7 Å². The summed E-state index contributed by atoms with van der Waals surface area (Å²) in [6, 6.07) is 8.96. The third-order valence-electron chi connectivity index (χ3n) is 6.57. The molecule has 3 aromatic rings. The van der Waals surface area contributed by atoms with Crippen molar-refractivity contribution >= 4 is 22.7 Å². The minimum absolute atomic E-state index is 0.0126. The monoisotopic (exact) mass is 417 g/mol. The van der Waals surface area contributed by atoms with Crippen LogP contribution in [0.5, 0.6) is 0 Å². The van der Waals surface area contributed by atoms with Crippen LogP contribution in [0, 0.1) is 17.2 Å². The van der Waals surface area contributed by atoms with Crippen molar-refractivity contribution in [2.45, 2.75) is 45.3 Å². The molecule has 8 heteroatoms. The Morgan fingerprint density at radius 3 is 2.58 bits per heavy atom. The maximum Gasteiger partial charge on any atom is 0.330 e. The molecule has 2 atom stereocenters. The molecule has 0 saturated carbocycles. The van der Waals surface area contributed by atoms with E-state index in [1.54, 1.807) is 24.0 Å². The summed E-state index contributed by atoms with van der Waals surface area (Å²) in [7, 11) is 1.80. The molecule has 0 aliphatic carbocycles. The molecule has 2 bridgehead atoms. The SMILES string of the molecule is CC(C)Cn1c(=O)n(C)c2nc(N3CC4CCC3CN4c3ccncc3C#N)ccc21. The average Bonchev–Trinajstić information content (AvgIpc) is 3.03. The minimum Gasteiger partial charge on any atom is -0.364 e. The van der Waals surface area contributed by atoms with Crippen molar-refractivity contribution in [1.29, 1.82) is 5.26 Å². The number of hydrogen-bond acceptors (Lipinski definition) is 6. The number of piperidine rings is 2. The summed E-state index contributed by atoms with van der Waals surface area (Å²) < 4.78 is 3.49. The summed E-state index contributed by atoms with van der Waals surface area (Å²) in [5.41, 5.74) is 3.22. The fourth-order valence-corrected chi connectivity index (χ4v) is 5.09. The van der Waals surface area contributed by atoms with Crippen molar-refractivity contribution in [1.82, 2.24) is 19.1 Å². The van der Waals surface area contributed by atoms with Gasteiger partial charge in [-0.2, -0.15) is 5.26 Å². The fraction of sp³-hybridized carbons (Fsp3) is 0.478. The zero-order chi connectivity index (χ0) is 21.7. The van der Waals surface area contributed by atoms with Crippen LogP contribution >= 0.6 is 0 Å². The van der Waals surface area contributed by atoms with Gasteiger partial charge in [-0.15, -0.1) is 0 Å². The second-order valence-corrected chi connectivity index (χ2v) is 9.05. The zero-order valence-electron chi connectivity index (χ0n) is 18.2. The van der Waals surface area contributed by atoms with Gasteiger partial charge in [-0.05, 0) is 37.0 Å². The number of piperazine rings is 1. The van der Waals surface area contributed by atoms with Crippen molar-refractivity contribution in [2.24, 2.45) is 13.0 Å². The normalized spacial score (nSPS) is 20.6. The molecule has 8 nitrogen and oxygen atoms in total. The van der Waals surface area contributed by atoms with Crippen LogP contribution in [0.3, 0.4) is 0 Å².